The first-order valence-electron chi connectivity index (χ1n) is 7.12. The molecular weight excluding hydrogens is 276 g/mol. The number of aromatic nitrogens is 2. The fourth-order valence-electron chi connectivity index (χ4n) is 2.55. The quantitative estimate of drug-likeness (QED) is 0.780. The minimum absolute atomic E-state index is 0.123. The van der Waals surface area contributed by atoms with E-state index in [0.29, 0.717) is 5.95 Å². The molecule has 0 unspecified atom stereocenters. The van der Waals surface area contributed by atoms with Gasteiger partial charge in [0.05, 0.1) is 11.0 Å². The SMILES string of the molecule is Cc1ccc(NC(=O)Cn2c(N)nc3ccccc32)c(C)c1. The number of fused-ring (bicyclic) bond motifs is 1. The van der Waals surface area contributed by atoms with Crippen LogP contribution in [0.25, 0.3) is 11.0 Å². The highest BCUT2D eigenvalue weighted by Crippen LogP contribution is 2.19. The Morgan fingerprint density at radius 1 is 1.23 bits per heavy atom. The van der Waals surface area contributed by atoms with Crippen molar-refractivity contribution >= 4 is 28.6 Å². The van der Waals surface area contributed by atoms with Gasteiger partial charge in [-0.3, -0.25) is 4.79 Å². The number of imidazole rings is 1. The lowest BCUT2D eigenvalue weighted by molar-refractivity contribution is -0.116. The minimum Gasteiger partial charge on any atom is -0.369 e. The number of hydrogen-bond donors (Lipinski definition) is 2. The highest BCUT2D eigenvalue weighted by Gasteiger charge is 2.12. The van der Waals surface area contributed by atoms with Crippen molar-refractivity contribution in [3.63, 3.8) is 0 Å². The Bertz CT molecular complexity index is 851. The number of carbonyl (C=O) groups excluding carboxylic acids is 1. The summed E-state index contributed by atoms with van der Waals surface area (Å²) < 4.78 is 1.72. The third kappa shape index (κ3) is 2.65. The van der Waals surface area contributed by atoms with E-state index in [1.54, 1.807) is 4.57 Å². The average Bonchev–Trinajstić information content (AvgIpc) is 2.78. The zero-order valence-electron chi connectivity index (χ0n) is 12.6. The van der Waals surface area contributed by atoms with Crippen molar-refractivity contribution in [2.75, 3.05) is 11.1 Å². The summed E-state index contributed by atoms with van der Waals surface area (Å²) in [5.74, 6) is 0.221. The molecule has 0 saturated heterocycles. The van der Waals surface area contributed by atoms with Gasteiger partial charge in [-0.05, 0) is 37.6 Å². The molecule has 0 aliphatic rings. The molecule has 3 aromatic rings. The molecule has 0 radical (unpaired) electrons. The van der Waals surface area contributed by atoms with Crippen LogP contribution in [0, 0.1) is 13.8 Å². The number of nitrogens with zero attached hydrogens (tertiary/aromatic N) is 2. The minimum atomic E-state index is -0.123. The fraction of sp³-hybridized carbons (Fsp3) is 0.176. The Morgan fingerprint density at radius 3 is 2.77 bits per heavy atom. The molecule has 3 rings (SSSR count). The first kappa shape index (κ1) is 14.1. The summed E-state index contributed by atoms with van der Waals surface area (Å²) in [7, 11) is 0. The summed E-state index contributed by atoms with van der Waals surface area (Å²) in [5, 5.41) is 2.92. The van der Waals surface area contributed by atoms with E-state index >= 15 is 0 Å². The number of nitrogens with one attached hydrogen (secondary N) is 1. The lowest BCUT2D eigenvalue weighted by Gasteiger charge is -2.10. The Kier molecular flexibility index (Phi) is 3.55. The van der Waals surface area contributed by atoms with E-state index in [9.17, 15) is 4.79 Å². The van der Waals surface area contributed by atoms with Gasteiger partial charge in [-0.15, -0.1) is 0 Å². The predicted octanol–water partition coefficient (Wildman–Crippen LogP) is 2.87. The van der Waals surface area contributed by atoms with Gasteiger partial charge in [0.25, 0.3) is 0 Å². The van der Waals surface area contributed by atoms with Crippen LogP contribution in [-0.2, 0) is 11.3 Å². The van der Waals surface area contributed by atoms with Crippen molar-refractivity contribution in [1.29, 1.82) is 0 Å². The smallest absolute Gasteiger partial charge is 0.244 e. The van der Waals surface area contributed by atoms with Crippen LogP contribution in [0.15, 0.2) is 42.5 Å². The van der Waals surface area contributed by atoms with Gasteiger partial charge < -0.3 is 15.6 Å². The van der Waals surface area contributed by atoms with Crippen LogP contribution >= 0.6 is 0 Å². The van der Waals surface area contributed by atoms with Crippen molar-refractivity contribution in [2.45, 2.75) is 20.4 Å². The van der Waals surface area contributed by atoms with E-state index in [0.717, 1.165) is 22.3 Å². The van der Waals surface area contributed by atoms with Crippen LogP contribution in [0.2, 0.25) is 0 Å². The molecule has 1 amide bonds. The molecule has 1 heterocycles. The van der Waals surface area contributed by atoms with Crippen LogP contribution in [0.5, 0.6) is 0 Å². The standard InChI is InChI=1S/C17H18N4O/c1-11-7-8-13(12(2)9-11)19-16(22)10-21-15-6-4-3-5-14(15)20-17(21)18/h3-9H,10H2,1-2H3,(H2,18,20)(H,19,22). The summed E-state index contributed by atoms with van der Waals surface area (Å²) in [6.07, 6.45) is 0. The number of anilines is 2. The summed E-state index contributed by atoms with van der Waals surface area (Å²) in [6.45, 7) is 4.14. The lowest BCUT2D eigenvalue weighted by Crippen LogP contribution is -2.20. The van der Waals surface area contributed by atoms with Gasteiger partial charge in [-0.1, -0.05) is 29.8 Å². The van der Waals surface area contributed by atoms with Gasteiger partial charge in [0.1, 0.15) is 6.54 Å². The third-order valence-corrected chi connectivity index (χ3v) is 3.64. The maximum absolute atomic E-state index is 12.3. The van der Waals surface area contributed by atoms with Crippen molar-refractivity contribution < 1.29 is 4.79 Å². The zero-order valence-corrected chi connectivity index (χ0v) is 12.6. The molecule has 0 saturated carbocycles. The van der Waals surface area contributed by atoms with E-state index in [4.69, 9.17) is 5.73 Å². The number of rotatable bonds is 3. The van der Waals surface area contributed by atoms with Crippen LogP contribution in [0.1, 0.15) is 11.1 Å². The van der Waals surface area contributed by atoms with Crippen LogP contribution in [0.4, 0.5) is 11.6 Å². The third-order valence-electron chi connectivity index (χ3n) is 3.64. The molecule has 1 aromatic heterocycles. The maximum atomic E-state index is 12.3. The first-order valence-corrected chi connectivity index (χ1v) is 7.12. The molecule has 2 aromatic carbocycles. The number of amides is 1. The molecular formula is C17H18N4O. The van der Waals surface area contributed by atoms with E-state index in [1.165, 1.54) is 5.56 Å². The van der Waals surface area contributed by atoms with Gasteiger partial charge in [0.15, 0.2) is 0 Å². The summed E-state index contributed by atoms with van der Waals surface area (Å²) >= 11 is 0. The summed E-state index contributed by atoms with van der Waals surface area (Å²) in [6, 6.07) is 13.5. The van der Waals surface area contributed by atoms with E-state index in [-0.39, 0.29) is 12.5 Å². The summed E-state index contributed by atoms with van der Waals surface area (Å²) in [5.41, 5.74) is 10.6. The van der Waals surface area contributed by atoms with Crippen molar-refractivity contribution in [3.05, 3.63) is 53.6 Å². The number of hydrogen-bond acceptors (Lipinski definition) is 3. The number of aryl methyl sites for hydroxylation is 2. The molecule has 0 aliphatic carbocycles. The molecule has 0 bridgehead atoms. The number of nitrogen functional groups attached to an aromatic ring is 1. The lowest BCUT2D eigenvalue weighted by atomic mass is 10.1. The molecule has 5 heteroatoms. The molecule has 3 N–H and O–H groups in total. The predicted molar refractivity (Wildman–Crippen MR) is 88.7 cm³/mol. The molecule has 0 aliphatic heterocycles. The molecule has 0 atom stereocenters. The monoisotopic (exact) mass is 294 g/mol. The first-order chi connectivity index (χ1) is 10.5. The van der Waals surface area contributed by atoms with E-state index in [1.807, 2.05) is 56.3 Å². The largest absolute Gasteiger partial charge is 0.369 e. The maximum Gasteiger partial charge on any atom is 0.244 e. The highest BCUT2D eigenvalue weighted by molar-refractivity contribution is 5.92. The van der Waals surface area contributed by atoms with Gasteiger partial charge in [0, 0.05) is 5.69 Å². The Hall–Kier alpha value is -2.82. The molecule has 0 spiro atoms. The second-order valence-corrected chi connectivity index (χ2v) is 5.41. The Labute approximate surface area is 128 Å². The highest BCUT2D eigenvalue weighted by atomic mass is 16.1. The number of carbonyl (C=O) groups is 1. The van der Waals surface area contributed by atoms with Gasteiger partial charge in [0.2, 0.25) is 11.9 Å². The molecule has 112 valence electrons. The Morgan fingerprint density at radius 2 is 2.00 bits per heavy atom. The van der Waals surface area contributed by atoms with Crippen molar-refractivity contribution in [2.24, 2.45) is 0 Å². The van der Waals surface area contributed by atoms with E-state index in [2.05, 4.69) is 10.3 Å². The second kappa shape index (κ2) is 5.52. The fourth-order valence-corrected chi connectivity index (χ4v) is 2.55. The normalized spacial score (nSPS) is 10.8. The van der Waals surface area contributed by atoms with Crippen molar-refractivity contribution in [1.82, 2.24) is 9.55 Å². The van der Waals surface area contributed by atoms with Gasteiger partial charge >= 0.3 is 0 Å². The molecule has 5 nitrogen and oxygen atoms in total. The van der Waals surface area contributed by atoms with E-state index < -0.39 is 0 Å². The van der Waals surface area contributed by atoms with Crippen molar-refractivity contribution in [3.8, 4) is 0 Å². The Balaban J connectivity index is 1.83. The summed E-state index contributed by atoms with van der Waals surface area (Å²) in [4.78, 5) is 16.6. The molecule has 22 heavy (non-hydrogen) atoms. The molecule has 0 fully saturated rings. The zero-order chi connectivity index (χ0) is 15.7. The second-order valence-electron chi connectivity index (χ2n) is 5.41. The van der Waals surface area contributed by atoms with Crippen LogP contribution in [0.3, 0.4) is 0 Å². The van der Waals surface area contributed by atoms with Gasteiger partial charge in [-0.2, -0.15) is 0 Å². The van der Waals surface area contributed by atoms with Gasteiger partial charge in [-0.25, -0.2) is 4.98 Å². The number of nitrogens with two attached hydrogens (primary N) is 1. The van der Waals surface area contributed by atoms with Crippen LogP contribution < -0.4 is 11.1 Å². The average molecular weight is 294 g/mol. The number of benzene rings is 2. The van der Waals surface area contributed by atoms with Crippen LogP contribution in [-0.4, -0.2) is 15.5 Å². The topological polar surface area (TPSA) is 72.9 Å². The number of para-hydroxylation sites is 2.